The summed E-state index contributed by atoms with van der Waals surface area (Å²) in [7, 11) is 1.52. The third kappa shape index (κ3) is 5.42. The standard InChI is InChI=1S/C18H17ClN2O6/c1-11-3-6-16(26-2)13(7-11)10-27-17(22)9-20-18(23)12-4-5-14(19)15(8-12)21(24)25/h3-8H,9-10H2,1-2H3,(H,20,23). The predicted molar refractivity (Wildman–Crippen MR) is 98.0 cm³/mol. The third-order valence-corrected chi connectivity index (χ3v) is 3.94. The minimum Gasteiger partial charge on any atom is -0.496 e. The molecule has 2 rings (SSSR count). The first-order valence-electron chi connectivity index (χ1n) is 7.83. The second-order valence-electron chi connectivity index (χ2n) is 5.58. The van der Waals surface area contributed by atoms with E-state index in [2.05, 4.69) is 5.32 Å². The number of carbonyl (C=O) groups is 2. The van der Waals surface area contributed by atoms with Crippen molar-refractivity contribution in [3.63, 3.8) is 0 Å². The van der Waals surface area contributed by atoms with E-state index in [9.17, 15) is 19.7 Å². The molecule has 1 N–H and O–H groups in total. The molecular formula is C18H17ClN2O6. The van der Waals surface area contributed by atoms with Gasteiger partial charge in [0, 0.05) is 17.2 Å². The summed E-state index contributed by atoms with van der Waals surface area (Å²) in [6, 6.07) is 9.09. The zero-order valence-corrected chi connectivity index (χ0v) is 15.4. The first-order valence-corrected chi connectivity index (χ1v) is 8.21. The van der Waals surface area contributed by atoms with Crippen molar-refractivity contribution in [3.05, 3.63) is 68.2 Å². The summed E-state index contributed by atoms with van der Waals surface area (Å²) in [6.07, 6.45) is 0. The van der Waals surface area contributed by atoms with Crippen molar-refractivity contribution in [2.24, 2.45) is 0 Å². The van der Waals surface area contributed by atoms with Crippen LogP contribution in [0.5, 0.6) is 5.75 Å². The van der Waals surface area contributed by atoms with Crippen LogP contribution in [0, 0.1) is 17.0 Å². The van der Waals surface area contributed by atoms with Gasteiger partial charge in [-0.15, -0.1) is 0 Å². The third-order valence-electron chi connectivity index (χ3n) is 3.62. The molecule has 0 spiro atoms. The Hall–Kier alpha value is -3.13. The number of halogens is 1. The molecule has 0 aliphatic heterocycles. The van der Waals surface area contributed by atoms with E-state index in [1.54, 1.807) is 6.07 Å². The zero-order valence-electron chi connectivity index (χ0n) is 14.7. The highest BCUT2D eigenvalue weighted by Crippen LogP contribution is 2.25. The predicted octanol–water partition coefficient (Wildman–Crippen LogP) is 3.04. The average molecular weight is 393 g/mol. The zero-order chi connectivity index (χ0) is 20.0. The molecule has 0 fully saturated rings. The van der Waals surface area contributed by atoms with E-state index in [0.717, 1.165) is 11.6 Å². The summed E-state index contributed by atoms with van der Waals surface area (Å²) < 4.78 is 10.3. The number of nitro groups is 1. The number of methoxy groups -OCH3 is 1. The molecule has 0 aromatic heterocycles. The summed E-state index contributed by atoms with van der Waals surface area (Å²) >= 11 is 5.70. The van der Waals surface area contributed by atoms with E-state index in [1.165, 1.54) is 19.2 Å². The van der Waals surface area contributed by atoms with Gasteiger partial charge in [0.1, 0.15) is 23.9 Å². The number of carbonyl (C=O) groups excluding carboxylic acids is 2. The van der Waals surface area contributed by atoms with Crippen LogP contribution in [0.2, 0.25) is 5.02 Å². The lowest BCUT2D eigenvalue weighted by atomic mass is 10.1. The number of hydrogen-bond acceptors (Lipinski definition) is 6. The van der Waals surface area contributed by atoms with Gasteiger partial charge in [0.2, 0.25) is 0 Å². The Bertz CT molecular complexity index is 884. The molecule has 2 aromatic rings. The molecule has 0 aliphatic carbocycles. The number of rotatable bonds is 7. The van der Waals surface area contributed by atoms with Crippen molar-refractivity contribution in [1.29, 1.82) is 0 Å². The lowest BCUT2D eigenvalue weighted by Gasteiger charge is -2.11. The van der Waals surface area contributed by atoms with Gasteiger partial charge in [0.05, 0.1) is 12.0 Å². The number of hydrogen-bond donors (Lipinski definition) is 1. The molecule has 0 bridgehead atoms. The molecule has 0 saturated heterocycles. The van der Waals surface area contributed by atoms with Gasteiger partial charge >= 0.3 is 5.97 Å². The molecule has 0 heterocycles. The van der Waals surface area contributed by atoms with Gasteiger partial charge in [0.25, 0.3) is 11.6 Å². The van der Waals surface area contributed by atoms with Gasteiger partial charge in [-0.2, -0.15) is 0 Å². The van der Waals surface area contributed by atoms with Crippen molar-refractivity contribution < 1.29 is 24.0 Å². The van der Waals surface area contributed by atoms with Crippen LogP contribution in [0.15, 0.2) is 36.4 Å². The van der Waals surface area contributed by atoms with E-state index in [0.29, 0.717) is 11.3 Å². The average Bonchev–Trinajstić information content (AvgIpc) is 2.64. The maximum absolute atomic E-state index is 12.1. The second-order valence-corrected chi connectivity index (χ2v) is 5.99. The summed E-state index contributed by atoms with van der Waals surface area (Å²) in [6.45, 7) is 1.51. The molecule has 0 atom stereocenters. The van der Waals surface area contributed by atoms with Crippen molar-refractivity contribution in [2.45, 2.75) is 13.5 Å². The number of aryl methyl sites for hydroxylation is 1. The fourth-order valence-electron chi connectivity index (χ4n) is 2.28. The van der Waals surface area contributed by atoms with Crippen molar-refractivity contribution in [3.8, 4) is 5.75 Å². The number of esters is 1. The fourth-order valence-corrected chi connectivity index (χ4v) is 2.46. The number of nitrogens with zero attached hydrogens (tertiary/aromatic N) is 1. The normalized spacial score (nSPS) is 10.2. The highest BCUT2D eigenvalue weighted by atomic mass is 35.5. The topological polar surface area (TPSA) is 108 Å². The van der Waals surface area contributed by atoms with Gasteiger partial charge in [0.15, 0.2) is 0 Å². The smallest absolute Gasteiger partial charge is 0.325 e. The molecule has 142 valence electrons. The molecule has 0 saturated carbocycles. The van der Waals surface area contributed by atoms with Crippen LogP contribution in [0.4, 0.5) is 5.69 Å². The largest absolute Gasteiger partial charge is 0.496 e. The molecule has 9 heteroatoms. The van der Waals surface area contributed by atoms with Gasteiger partial charge in [-0.1, -0.05) is 23.2 Å². The van der Waals surface area contributed by atoms with E-state index in [4.69, 9.17) is 21.1 Å². The van der Waals surface area contributed by atoms with E-state index in [-0.39, 0.29) is 23.7 Å². The van der Waals surface area contributed by atoms with Crippen LogP contribution >= 0.6 is 11.6 Å². The SMILES string of the molecule is COc1ccc(C)cc1COC(=O)CNC(=O)c1ccc(Cl)c([N+](=O)[O-])c1. The highest BCUT2D eigenvalue weighted by Gasteiger charge is 2.17. The van der Waals surface area contributed by atoms with E-state index in [1.807, 2.05) is 19.1 Å². The van der Waals surface area contributed by atoms with Crippen LogP contribution in [-0.2, 0) is 16.1 Å². The molecule has 2 aromatic carbocycles. The molecule has 0 unspecified atom stereocenters. The fraction of sp³-hybridized carbons (Fsp3) is 0.222. The van der Waals surface area contributed by atoms with Crippen molar-refractivity contribution >= 4 is 29.2 Å². The summed E-state index contributed by atoms with van der Waals surface area (Å²) in [4.78, 5) is 34.1. The van der Waals surface area contributed by atoms with Crippen molar-refractivity contribution in [2.75, 3.05) is 13.7 Å². The van der Waals surface area contributed by atoms with E-state index >= 15 is 0 Å². The molecule has 8 nitrogen and oxygen atoms in total. The Balaban J connectivity index is 1.92. The Morgan fingerprint density at radius 1 is 1.22 bits per heavy atom. The molecule has 0 aliphatic rings. The summed E-state index contributed by atoms with van der Waals surface area (Å²) in [5.74, 6) is -0.721. The lowest BCUT2D eigenvalue weighted by molar-refractivity contribution is -0.384. The number of amides is 1. The minimum absolute atomic E-state index is 0.00796. The maximum atomic E-state index is 12.1. The van der Waals surface area contributed by atoms with E-state index < -0.39 is 22.5 Å². The Kier molecular flexibility index (Phi) is 6.73. The van der Waals surface area contributed by atoms with Crippen LogP contribution in [0.25, 0.3) is 0 Å². The number of benzene rings is 2. The summed E-state index contributed by atoms with van der Waals surface area (Å²) in [5.41, 5.74) is 1.31. The van der Waals surface area contributed by atoms with Crippen LogP contribution in [0.1, 0.15) is 21.5 Å². The number of nitrogens with one attached hydrogen (secondary N) is 1. The minimum atomic E-state index is -0.692. The Labute approximate surface area is 160 Å². The lowest BCUT2D eigenvalue weighted by Crippen LogP contribution is -2.30. The number of ether oxygens (including phenoxy) is 2. The van der Waals surface area contributed by atoms with Crippen LogP contribution < -0.4 is 10.1 Å². The molecular weight excluding hydrogens is 376 g/mol. The van der Waals surface area contributed by atoms with Gasteiger partial charge in [-0.05, 0) is 31.2 Å². The van der Waals surface area contributed by atoms with Gasteiger partial charge in [-0.3, -0.25) is 19.7 Å². The molecule has 27 heavy (non-hydrogen) atoms. The summed E-state index contributed by atoms with van der Waals surface area (Å²) in [5, 5.41) is 13.1. The highest BCUT2D eigenvalue weighted by molar-refractivity contribution is 6.32. The Morgan fingerprint density at radius 2 is 1.96 bits per heavy atom. The number of nitro benzene ring substituents is 1. The van der Waals surface area contributed by atoms with Crippen molar-refractivity contribution in [1.82, 2.24) is 5.32 Å². The van der Waals surface area contributed by atoms with Crippen LogP contribution in [-0.4, -0.2) is 30.5 Å². The molecule has 1 amide bonds. The van der Waals surface area contributed by atoms with Crippen LogP contribution in [0.3, 0.4) is 0 Å². The quantitative estimate of drug-likeness (QED) is 0.441. The first kappa shape index (κ1) is 20.2. The first-order chi connectivity index (χ1) is 12.8. The second kappa shape index (κ2) is 9.00. The maximum Gasteiger partial charge on any atom is 0.325 e. The van der Waals surface area contributed by atoms with Gasteiger partial charge < -0.3 is 14.8 Å². The van der Waals surface area contributed by atoms with Gasteiger partial charge in [-0.25, -0.2) is 0 Å². The molecule has 0 radical (unpaired) electrons. The Morgan fingerprint density at radius 3 is 2.63 bits per heavy atom. The monoisotopic (exact) mass is 392 g/mol.